The molecule has 2 aliphatic heterocycles. The molecular formula is C52H68N2O23S5. The summed E-state index contributed by atoms with van der Waals surface area (Å²) in [5, 5.41) is 9.07. The second-order valence-corrected chi connectivity index (χ2v) is 27.0. The highest BCUT2D eigenvalue weighted by atomic mass is 32.2. The molecule has 2 unspecified atom stereocenters. The number of unbranched alkanes of at least 4 members (excludes halogenated alkanes) is 2. The van der Waals surface area contributed by atoms with Crippen LogP contribution in [-0.4, -0.2) is 185 Å². The summed E-state index contributed by atoms with van der Waals surface area (Å²) in [6.07, 6.45) is 5.93. The third kappa shape index (κ3) is 16.1. The Morgan fingerprint density at radius 2 is 1.12 bits per heavy atom. The molecule has 0 fully saturated rings. The van der Waals surface area contributed by atoms with Gasteiger partial charge < -0.3 is 43.0 Å². The number of benzene rings is 4. The van der Waals surface area contributed by atoms with E-state index in [-0.39, 0.29) is 119 Å². The molecule has 82 heavy (non-hydrogen) atoms. The van der Waals surface area contributed by atoms with Crippen molar-refractivity contribution in [3.63, 3.8) is 0 Å². The van der Waals surface area contributed by atoms with Crippen molar-refractivity contribution in [2.45, 2.75) is 89.2 Å². The fraction of sp³-hybridized carbons (Fsp3) is 0.500. The lowest BCUT2D eigenvalue weighted by Crippen LogP contribution is -2.33. The number of carboxylic acid groups (broad SMARTS) is 1. The van der Waals surface area contributed by atoms with Gasteiger partial charge in [-0.2, -0.15) is 38.2 Å². The molecule has 0 radical (unpaired) electrons. The quantitative estimate of drug-likeness (QED) is 0.0226. The Morgan fingerprint density at radius 1 is 0.610 bits per heavy atom. The minimum Gasteiger partial charge on any atom is -0.744 e. The molecule has 454 valence electrons. The van der Waals surface area contributed by atoms with Crippen molar-refractivity contribution in [2.75, 3.05) is 104 Å². The van der Waals surface area contributed by atoms with Gasteiger partial charge in [0.05, 0.1) is 78.7 Å². The number of rotatable bonds is 34. The molecule has 4 aromatic carbocycles. The standard InChI is InChI=1S/C52H68N2O23S5/c1-51(17-21-74-27-29-76-25-23-72-3)46(53(19-7-5-6-12-48(55)56)42-15-13-38-40(49(42)51)32-36(79(60,61)62)34-44(38)81(66,67)68)10-8-11-47-52(2,18-22-75-28-30-77-26-24-73-4)50-41-33-37(80(63,64)65)35-45(82(69,70)71)39(41)14-16-43(50)54(47)20-9-31-78(57,58)59/h8,10-11,13-16,32-35H,5-7,9,12,17-31H2,1-4H3,(H5-,55,56,57,58,59,60,61,62,63,64,65,66,67,68,69,70,71). The highest BCUT2D eigenvalue weighted by Crippen LogP contribution is 2.54. The van der Waals surface area contributed by atoms with Crippen molar-refractivity contribution >= 4 is 95.2 Å². The summed E-state index contributed by atoms with van der Waals surface area (Å²) in [6.45, 7) is 5.30. The average Bonchev–Trinajstić information content (AvgIpc) is 1.67. The number of anilines is 1. The molecule has 0 saturated carbocycles. The Balaban J connectivity index is 1.63. The van der Waals surface area contributed by atoms with Crippen molar-refractivity contribution in [1.82, 2.24) is 0 Å². The second-order valence-electron chi connectivity index (χ2n) is 19.9. The second kappa shape index (κ2) is 27.4. The van der Waals surface area contributed by atoms with E-state index in [2.05, 4.69) is 0 Å². The van der Waals surface area contributed by atoms with Crippen LogP contribution in [0.3, 0.4) is 0 Å². The van der Waals surface area contributed by atoms with Gasteiger partial charge in [-0.3, -0.25) is 23.0 Å². The van der Waals surface area contributed by atoms with E-state index in [0.717, 1.165) is 12.1 Å². The van der Waals surface area contributed by atoms with Crippen LogP contribution in [0.15, 0.2) is 92.0 Å². The maximum Gasteiger partial charge on any atom is 0.303 e. The summed E-state index contributed by atoms with van der Waals surface area (Å²) in [7, 11) is -22.4. The van der Waals surface area contributed by atoms with E-state index in [4.69, 9.17) is 28.4 Å². The Labute approximate surface area is 477 Å². The summed E-state index contributed by atoms with van der Waals surface area (Å²) in [5.41, 5.74) is -0.443. The fourth-order valence-corrected chi connectivity index (χ4v) is 13.7. The van der Waals surface area contributed by atoms with Crippen LogP contribution in [0.1, 0.15) is 69.9 Å². The first-order valence-corrected chi connectivity index (χ1v) is 33.1. The van der Waals surface area contributed by atoms with Crippen molar-refractivity contribution in [2.24, 2.45) is 0 Å². The third-order valence-corrected chi connectivity index (χ3v) is 18.5. The highest BCUT2D eigenvalue weighted by molar-refractivity contribution is 7.87. The molecule has 0 aromatic heterocycles. The number of allylic oxidation sites excluding steroid dienone is 4. The summed E-state index contributed by atoms with van der Waals surface area (Å²) in [4.78, 5) is 9.88. The first-order chi connectivity index (χ1) is 38.4. The molecule has 2 aliphatic rings. The van der Waals surface area contributed by atoms with Crippen molar-refractivity contribution < 1.29 is 108 Å². The van der Waals surface area contributed by atoms with Gasteiger partial charge in [0.2, 0.25) is 5.69 Å². The summed E-state index contributed by atoms with van der Waals surface area (Å²) in [5.74, 6) is -1.72. The number of carboxylic acids is 1. The normalized spacial score (nSPS) is 18.5. The Morgan fingerprint density at radius 3 is 1.65 bits per heavy atom. The number of nitrogens with zero attached hydrogens (tertiary/aromatic N) is 2. The molecule has 30 heteroatoms. The maximum atomic E-state index is 13.0. The third-order valence-electron chi connectivity index (χ3n) is 14.3. The number of aliphatic carboxylic acids is 1. The molecular weight excluding hydrogens is 1180 g/mol. The first-order valence-electron chi connectivity index (χ1n) is 25.8. The predicted octanol–water partition coefficient (Wildman–Crippen LogP) is 5.27. The van der Waals surface area contributed by atoms with E-state index in [1.807, 2.05) is 4.90 Å². The van der Waals surface area contributed by atoms with Gasteiger partial charge in [0.1, 0.15) is 21.6 Å². The lowest BCUT2D eigenvalue weighted by atomic mass is 9.74. The molecule has 0 saturated heterocycles. The van der Waals surface area contributed by atoms with Crippen LogP contribution in [0, 0.1) is 0 Å². The van der Waals surface area contributed by atoms with Gasteiger partial charge in [0.25, 0.3) is 40.5 Å². The zero-order valence-electron chi connectivity index (χ0n) is 45.5. The van der Waals surface area contributed by atoms with Crippen LogP contribution >= 0.6 is 0 Å². The van der Waals surface area contributed by atoms with E-state index in [0.29, 0.717) is 73.0 Å². The van der Waals surface area contributed by atoms with E-state index in [9.17, 15) is 74.8 Å². The van der Waals surface area contributed by atoms with Crippen LogP contribution in [-0.2, 0) is 94.6 Å². The number of ether oxygens (including phenoxy) is 6. The Kier molecular flexibility index (Phi) is 22.2. The van der Waals surface area contributed by atoms with E-state index in [1.165, 1.54) is 32.4 Å². The Bertz CT molecular complexity index is 3700. The van der Waals surface area contributed by atoms with Crippen LogP contribution in [0.5, 0.6) is 0 Å². The fourth-order valence-electron chi connectivity index (χ4n) is 10.5. The number of methoxy groups -OCH3 is 2. The van der Waals surface area contributed by atoms with Crippen molar-refractivity contribution in [3.05, 3.63) is 83.6 Å². The van der Waals surface area contributed by atoms with Crippen LogP contribution in [0.25, 0.3) is 21.5 Å². The lowest BCUT2D eigenvalue weighted by molar-refractivity contribution is -0.437. The van der Waals surface area contributed by atoms with Crippen LogP contribution in [0.2, 0.25) is 0 Å². The zero-order chi connectivity index (χ0) is 60.5. The van der Waals surface area contributed by atoms with E-state index in [1.54, 1.807) is 42.7 Å². The molecule has 2 atom stereocenters. The molecule has 5 N–H and O–H groups in total. The molecule has 4 aromatic rings. The topological polar surface area (TPSA) is 374 Å². The van der Waals surface area contributed by atoms with Gasteiger partial charge in [-0.1, -0.05) is 18.6 Å². The van der Waals surface area contributed by atoms with E-state index < -0.39 is 92.7 Å². The molecule has 0 spiro atoms. The summed E-state index contributed by atoms with van der Waals surface area (Å²) < 4.78 is 216. The van der Waals surface area contributed by atoms with Crippen LogP contribution < -0.4 is 4.90 Å². The number of carbonyl (C=O) groups is 1. The monoisotopic (exact) mass is 1250 g/mol. The van der Waals surface area contributed by atoms with Gasteiger partial charge in [-0.15, -0.1) is 0 Å². The van der Waals surface area contributed by atoms with Crippen molar-refractivity contribution in [1.29, 1.82) is 0 Å². The lowest BCUT2D eigenvalue weighted by Gasteiger charge is -2.31. The summed E-state index contributed by atoms with van der Waals surface area (Å²) in [6, 6.07) is 9.04. The molecule has 25 nitrogen and oxygen atoms in total. The average molecular weight is 1250 g/mol. The van der Waals surface area contributed by atoms with Crippen LogP contribution in [0.4, 0.5) is 11.4 Å². The maximum absolute atomic E-state index is 13.0. The highest BCUT2D eigenvalue weighted by Gasteiger charge is 2.50. The largest absolute Gasteiger partial charge is 0.744 e. The van der Waals surface area contributed by atoms with Gasteiger partial charge >= 0.3 is 5.97 Å². The molecule has 0 amide bonds. The van der Waals surface area contributed by atoms with E-state index >= 15 is 0 Å². The minimum absolute atomic E-state index is 0.00601. The number of hydrogen-bond donors (Lipinski definition) is 5. The van der Waals surface area contributed by atoms with Gasteiger partial charge in [-0.05, 0) is 104 Å². The zero-order valence-corrected chi connectivity index (χ0v) is 49.6. The first kappa shape index (κ1) is 66.3. The molecule has 0 bridgehead atoms. The smallest absolute Gasteiger partial charge is 0.303 e. The number of hydrogen-bond acceptors (Lipinski definition) is 19. The Hall–Kier alpha value is -4.87. The van der Waals surface area contributed by atoms with Gasteiger partial charge in [-0.25, -0.2) is 8.42 Å². The van der Waals surface area contributed by atoms with Gasteiger partial charge in [0, 0.05) is 86.7 Å². The summed E-state index contributed by atoms with van der Waals surface area (Å²) >= 11 is 0. The predicted molar refractivity (Wildman–Crippen MR) is 298 cm³/mol. The number of fused-ring (bicyclic) bond motifs is 6. The molecule has 0 aliphatic carbocycles. The SMILES string of the molecule is COCCOCCOCCC1(C)C(/C=C/C=C2/N(CCCCCC(=O)O)c3ccc4c(S(=O)(=O)[O-])cc(S(=O)(=O)O)cc4c3C2(C)CCOCCOCCOC)=[N+](CCCS(=O)(=O)O)c2ccc3c(S(=O)(=O)O)cc(S(=O)(=O)O)cc3c21. The molecule has 6 rings (SSSR count). The molecule has 2 heterocycles. The minimum atomic E-state index is -5.40. The van der Waals surface area contributed by atoms with Crippen molar-refractivity contribution in [3.8, 4) is 0 Å². The van der Waals surface area contributed by atoms with Gasteiger partial charge in [0.15, 0.2) is 5.71 Å².